The van der Waals surface area contributed by atoms with Crippen molar-refractivity contribution in [1.29, 1.82) is 0 Å². The van der Waals surface area contributed by atoms with Crippen LogP contribution in [0.5, 0.6) is 11.5 Å². The summed E-state index contributed by atoms with van der Waals surface area (Å²) < 4.78 is 36.2. The summed E-state index contributed by atoms with van der Waals surface area (Å²) in [5, 5.41) is 2.90. The average Bonchev–Trinajstić information content (AvgIpc) is 2.69. The van der Waals surface area contributed by atoms with Gasteiger partial charge in [-0.15, -0.1) is 0 Å². The van der Waals surface area contributed by atoms with Gasteiger partial charge in [0.05, 0.1) is 32.2 Å². The fourth-order valence-electron chi connectivity index (χ4n) is 2.85. The number of carbonyl (C=O) groups is 1. The molecule has 0 saturated heterocycles. The molecule has 1 unspecified atom stereocenters. The predicted octanol–water partition coefficient (Wildman–Crippen LogP) is 2.74. The lowest BCUT2D eigenvalue weighted by Gasteiger charge is -2.25. The second-order valence-electron chi connectivity index (χ2n) is 6.25. The molecule has 0 aliphatic carbocycles. The second kappa shape index (κ2) is 9.45. The van der Waals surface area contributed by atoms with Crippen molar-refractivity contribution in [3.05, 3.63) is 54.1 Å². The number of nitrogens with zero attached hydrogens (tertiary/aromatic N) is 1. The van der Waals surface area contributed by atoms with Crippen LogP contribution >= 0.6 is 0 Å². The lowest BCUT2D eigenvalue weighted by atomic mass is 10.0. The number of ether oxygens (including phenoxy) is 2. The van der Waals surface area contributed by atoms with E-state index in [1.165, 1.54) is 14.2 Å². The quantitative estimate of drug-likeness (QED) is 0.692. The highest BCUT2D eigenvalue weighted by Gasteiger charge is 2.25. The van der Waals surface area contributed by atoms with Crippen molar-refractivity contribution in [2.45, 2.75) is 19.4 Å². The van der Waals surface area contributed by atoms with Gasteiger partial charge in [-0.3, -0.25) is 9.10 Å². The van der Waals surface area contributed by atoms with Crippen LogP contribution in [0.3, 0.4) is 0 Å². The predicted molar refractivity (Wildman–Crippen MR) is 109 cm³/mol. The molecule has 8 heteroatoms. The first-order valence-electron chi connectivity index (χ1n) is 8.84. The summed E-state index contributed by atoms with van der Waals surface area (Å²) in [7, 11) is -0.784. The van der Waals surface area contributed by atoms with E-state index in [-0.39, 0.29) is 18.3 Å². The third kappa shape index (κ3) is 5.39. The molecule has 1 N–H and O–H groups in total. The first kappa shape index (κ1) is 21.6. The van der Waals surface area contributed by atoms with Gasteiger partial charge in [0.25, 0.3) is 0 Å². The van der Waals surface area contributed by atoms with Gasteiger partial charge in [-0.05, 0) is 24.1 Å². The number of sulfonamides is 1. The van der Waals surface area contributed by atoms with Crippen molar-refractivity contribution < 1.29 is 22.7 Å². The maximum absolute atomic E-state index is 12.7. The fraction of sp³-hybridized carbons (Fsp3) is 0.350. The lowest BCUT2D eigenvalue weighted by Crippen LogP contribution is -2.41. The molecule has 0 bridgehead atoms. The molecular weight excluding hydrogens is 380 g/mol. The number of rotatable bonds is 9. The van der Waals surface area contributed by atoms with Crippen LogP contribution in [-0.4, -0.2) is 41.3 Å². The highest BCUT2D eigenvalue weighted by atomic mass is 32.2. The largest absolute Gasteiger partial charge is 0.497 e. The molecule has 2 rings (SSSR count). The highest BCUT2D eigenvalue weighted by Crippen LogP contribution is 2.33. The minimum Gasteiger partial charge on any atom is -0.497 e. The van der Waals surface area contributed by atoms with Gasteiger partial charge >= 0.3 is 0 Å². The summed E-state index contributed by atoms with van der Waals surface area (Å²) >= 11 is 0. The van der Waals surface area contributed by atoms with E-state index in [0.29, 0.717) is 17.9 Å². The van der Waals surface area contributed by atoms with E-state index >= 15 is 0 Å². The Morgan fingerprint density at radius 1 is 1.11 bits per heavy atom. The Morgan fingerprint density at radius 2 is 1.79 bits per heavy atom. The number of methoxy groups -OCH3 is 2. The van der Waals surface area contributed by atoms with E-state index in [4.69, 9.17) is 9.47 Å². The van der Waals surface area contributed by atoms with Gasteiger partial charge in [-0.1, -0.05) is 37.3 Å². The average molecular weight is 407 g/mol. The molecule has 7 nitrogen and oxygen atoms in total. The third-order valence-corrected chi connectivity index (χ3v) is 5.41. The minimum atomic E-state index is -3.72. The van der Waals surface area contributed by atoms with Crippen molar-refractivity contribution in [3.8, 4) is 11.5 Å². The summed E-state index contributed by atoms with van der Waals surface area (Å²) in [6, 6.07) is 14.1. The van der Waals surface area contributed by atoms with Gasteiger partial charge in [0.1, 0.15) is 18.0 Å². The smallest absolute Gasteiger partial charge is 0.241 e. The van der Waals surface area contributed by atoms with Crippen LogP contribution < -0.4 is 19.1 Å². The molecule has 1 atom stereocenters. The zero-order chi connectivity index (χ0) is 20.7. The van der Waals surface area contributed by atoms with E-state index in [2.05, 4.69) is 5.32 Å². The van der Waals surface area contributed by atoms with Crippen LogP contribution in [0.1, 0.15) is 24.9 Å². The molecule has 0 spiro atoms. The summed E-state index contributed by atoms with van der Waals surface area (Å²) in [4.78, 5) is 12.7. The molecular formula is C20H26N2O5S. The van der Waals surface area contributed by atoms with Gasteiger partial charge in [-0.2, -0.15) is 0 Å². The van der Waals surface area contributed by atoms with Crippen LogP contribution in [0.2, 0.25) is 0 Å². The van der Waals surface area contributed by atoms with Crippen molar-refractivity contribution in [2.75, 3.05) is 31.3 Å². The maximum Gasteiger partial charge on any atom is 0.241 e. The Kier molecular flexibility index (Phi) is 7.28. The van der Waals surface area contributed by atoms with E-state index in [1.807, 2.05) is 37.3 Å². The molecule has 152 valence electrons. The molecule has 0 fully saturated rings. The molecule has 28 heavy (non-hydrogen) atoms. The van der Waals surface area contributed by atoms with Crippen molar-refractivity contribution in [3.63, 3.8) is 0 Å². The van der Waals surface area contributed by atoms with Crippen molar-refractivity contribution in [1.82, 2.24) is 5.32 Å². The summed E-state index contributed by atoms with van der Waals surface area (Å²) in [5.74, 6) is 0.417. The van der Waals surface area contributed by atoms with Crippen LogP contribution in [0.25, 0.3) is 0 Å². The van der Waals surface area contributed by atoms with Gasteiger partial charge in [0.2, 0.25) is 15.9 Å². The number of hydrogen-bond donors (Lipinski definition) is 1. The molecule has 2 aromatic rings. The Labute approximate surface area is 166 Å². The van der Waals surface area contributed by atoms with Gasteiger partial charge in [0, 0.05) is 6.07 Å². The Bertz CT molecular complexity index is 900. The fourth-order valence-corrected chi connectivity index (χ4v) is 3.71. The molecule has 1 amide bonds. The van der Waals surface area contributed by atoms with E-state index < -0.39 is 15.9 Å². The van der Waals surface area contributed by atoms with Gasteiger partial charge in [0.15, 0.2) is 0 Å². The first-order chi connectivity index (χ1) is 13.3. The summed E-state index contributed by atoms with van der Waals surface area (Å²) in [6.45, 7) is 1.60. The molecule has 0 aliphatic heterocycles. The second-order valence-corrected chi connectivity index (χ2v) is 8.15. The Hall–Kier alpha value is -2.74. The van der Waals surface area contributed by atoms with Crippen LogP contribution in [0, 0.1) is 0 Å². The molecule has 0 aromatic heterocycles. The Balaban J connectivity index is 2.27. The van der Waals surface area contributed by atoms with E-state index in [0.717, 1.165) is 16.1 Å². The van der Waals surface area contributed by atoms with Crippen molar-refractivity contribution >= 4 is 21.6 Å². The number of carbonyl (C=O) groups excluding carboxylic acids is 1. The number of anilines is 1. The van der Waals surface area contributed by atoms with Gasteiger partial charge < -0.3 is 14.8 Å². The maximum atomic E-state index is 12.7. The van der Waals surface area contributed by atoms with Crippen LogP contribution in [-0.2, 0) is 14.8 Å². The lowest BCUT2D eigenvalue weighted by molar-refractivity contribution is -0.120. The zero-order valence-corrected chi connectivity index (χ0v) is 17.3. The standard InChI is InChI=1S/C20H26N2O5S/c1-5-17(15-9-7-6-8-10-15)21-20(23)14-22(28(4,24)25)18-12-11-16(26-2)13-19(18)27-3/h6-13,17H,5,14H2,1-4H3,(H,21,23). The molecule has 0 aliphatic rings. The minimum absolute atomic E-state index is 0.201. The van der Waals surface area contributed by atoms with E-state index in [9.17, 15) is 13.2 Å². The molecule has 0 radical (unpaired) electrons. The number of benzene rings is 2. The first-order valence-corrected chi connectivity index (χ1v) is 10.7. The SMILES string of the molecule is CCC(NC(=O)CN(c1ccc(OC)cc1OC)S(C)(=O)=O)c1ccccc1. The topological polar surface area (TPSA) is 84.9 Å². The number of nitrogens with one attached hydrogen (secondary N) is 1. The summed E-state index contributed by atoms with van der Waals surface area (Å²) in [5.41, 5.74) is 1.24. The molecule has 2 aromatic carbocycles. The van der Waals surface area contributed by atoms with Crippen molar-refractivity contribution in [2.24, 2.45) is 0 Å². The van der Waals surface area contributed by atoms with Crippen LogP contribution in [0.4, 0.5) is 5.69 Å². The summed E-state index contributed by atoms with van der Waals surface area (Å²) in [6.07, 6.45) is 1.74. The Morgan fingerprint density at radius 3 is 2.32 bits per heavy atom. The monoisotopic (exact) mass is 406 g/mol. The number of amides is 1. The third-order valence-electron chi connectivity index (χ3n) is 4.29. The van der Waals surface area contributed by atoms with Crippen LogP contribution in [0.15, 0.2) is 48.5 Å². The molecule has 0 heterocycles. The van der Waals surface area contributed by atoms with Gasteiger partial charge in [-0.25, -0.2) is 8.42 Å². The molecule has 0 saturated carbocycles. The number of hydrogen-bond acceptors (Lipinski definition) is 5. The normalized spacial score (nSPS) is 12.1. The zero-order valence-electron chi connectivity index (χ0n) is 16.5. The highest BCUT2D eigenvalue weighted by molar-refractivity contribution is 7.92. The van der Waals surface area contributed by atoms with E-state index in [1.54, 1.807) is 18.2 Å².